The summed E-state index contributed by atoms with van der Waals surface area (Å²) < 4.78 is 0. The van der Waals surface area contributed by atoms with Gasteiger partial charge in [0.25, 0.3) is 0 Å². The monoisotopic (exact) mass is 241 g/mol. The highest BCUT2D eigenvalue weighted by Crippen LogP contribution is 2.26. The molecule has 0 fully saturated rings. The summed E-state index contributed by atoms with van der Waals surface area (Å²) in [6.07, 6.45) is 4.44. The first kappa shape index (κ1) is 11.9. The maximum Gasteiger partial charge on any atom is 0.0664 e. The highest BCUT2D eigenvalue weighted by atomic mass is 35.5. The fraction of sp³-hybridized carbons (Fsp3) is 0.200. The van der Waals surface area contributed by atoms with Crippen molar-refractivity contribution in [3.63, 3.8) is 0 Å². The summed E-state index contributed by atoms with van der Waals surface area (Å²) in [4.78, 5) is 2.66. The molecule has 0 aliphatic heterocycles. The van der Waals surface area contributed by atoms with Crippen LogP contribution in [0.2, 0.25) is 10.0 Å². The van der Waals surface area contributed by atoms with Crippen LogP contribution in [0.4, 0.5) is 0 Å². The van der Waals surface area contributed by atoms with Gasteiger partial charge in [-0.05, 0) is 23.6 Å². The fourth-order valence-corrected chi connectivity index (χ4v) is 1.41. The van der Waals surface area contributed by atoms with E-state index in [-0.39, 0.29) is 0 Å². The minimum Gasteiger partial charge on any atom is -0.0937 e. The molecule has 1 rings (SSSR count). The summed E-state index contributed by atoms with van der Waals surface area (Å²) in [5, 5.41) is 4.49. The standard InChI is InChI=1S/C10H9Cl2N3/c11-9-6-3-5-8(10(9)12)4-1-2-7-14-15-13/h1,3-6H,2,7H2. The quantitative estimate of drug-likeness (QED) is 0.318. The number of halogens is 2. The minimum atomic E-state index is 0.450. The lowest BCUT2D eigenvalue weighted by atomic mass is 10.2. The van der Waals surface area contributed by atoms with Crippen LogP contribution in [0.1, 0.15) is 12.0 Å². The van der Waals surface area contributed by atoms with Gasteiger partial charge in [0, 0.05) is 11.5 Å². The molecule has 0 aliphatic rings. The number of rotatable bonds is 4. The second-order valence-corrected chi connectivity index (χ2v) is 3.57. The van der Waals surface area contributed by atoms with E-state index in [1.165, 1.54) is 0 Å². The topological polar surface area (TPSA) is 48.8 Å². The second-order valence-electron chi connectivity index (χ2n) is 2.79. The first-order chi connectivity index (χ1) is 7.25. The Hall–Kier alpha value is -1.15. The van der Waals surface area contributed by atoms with Gasteiger partial charge in [-0.1, -0.05) is 52.6 Å². The van der Waals surface area contributed by atoms with E-state index in [1.807, 2.05) is 24.3 Å². The van der Waals surface area contributed by atoms with Crippen molar-refractivity contribution in [3.8, 4) is 0 Å². The normalized spacial score (nSPS) is 10.3. The third-order valence-electron chi connectivity index (χ3n) is 1.74. The zero-order valence-corrected chi connectivity index (χ0v) is 9.41. The molecule has 0 spiro atoms. The zero-order valence-electron chi connectivity index (χ0n) is 7.90. The molecule has 0 radical (unpaired) electrons. The Balaban J connectivity index is 2.64. The van der Waals surface area contributed by atoms with Gasteiger partial charge in [0.1, 0.15) is 0 Å². The zero-order chi connectivity index (χ0) is 11.1. The number of hydrogen-bond acceptors (Lipinski definition) is 1. The van der Waals surface area contributed by atoms with Gasteiger partial charge < -0.3 is 0 Å². The van der Waals surface area contributed by atoms with Gasteiger partial charge in [-0.2, -0.15) is 0 Å². The van der Waals surface area contributed by atoms with Crippen molar-refractivity contribution in [2.45, 2.75) is 6.42 Å². The van der Waals surface area contributed by atoms with E-state index in [4.69, 9.17) is 28.7 Å². The number of azide groups is 1. The minimum absolute atomic E-state index is 0.450. The summed E-state index contributed by atoms with van der Waals surface area (Å²) in [7, 11) is 0. The fourth-order valence-electron chi connectivity index (χ4n) is 1.04. The molecule has 0 aliphatic carbocycles. The molecule has 0 saturated carbocycles. The molecule has 0 bridgehead atoms. The SMILES string of the molecule is [N-]=[N+]=NCCC=Cc1cccc(Cl)c1Cl. The van der Waals surface area contributed by atoms with Crippen molar-refractivity contribution in [3.05, 3.63) is 50.3 Å². The van der Waals surface area contributed by atoms with Gasteiger partial charge in [-0.3, -0.25) is 0 Å². The average Bonchev–Trinajstić information content (AvgIpc) is 2.24. The van der Waals surface area contributed by atoms with E-state index in [9.17, 15) is 0 Å². The van der Waals surface area contributed by atoms with Crippen LogP contribution >= 0.6 is 23.2 Å². The van der Waals surface area contributed by atoms with Gasteiger partial charge >= 0.3 is 0 Å². The van der Waals surface area contributed by atoms with Crippen LogP contribution in [0.15, 0.2) is 29.4 Å². The maximum atomic E-state index is 8.06. The number of hydrogen-bond donors (Lipinski definition) is 0. The Morgan fingerprint density at radius 2 is 2.20 bits per heavy atom. The summed E-state index contributed by atoms with van der Waals surface area (Å²) in [6, 6.07) is 5.45. The van der Waals surface area contributed by atoms with Gasteiger partial charge in [-0.15, -0.1) is 0 Å². The highest BCUT2D eigenvalue weighted by molar-refractivity contribution is 6.42. The Morgan fingerprint density at radius 3 is 2.93 bits per heavy atom. The van der Waals surface area contributed by atoms with E-state index in [2.05, 4.69) is 10.0 Å². The molecule has 1 aromatic rings. The molecule has 1 aromatic carbocycles. The molecule has 0 saturated heterocycles. The smallest absolute Gasteiger partial charge is 0.0664 e. The third kappa shape index (κ3) is 3.84. The van der Waals surface area contributed by atoms with Crippen LogP contribution in [-0.4, -0.2) is 6.54 Å². The molecule has 15 heavy (non-hydrogen) atoms. The predicted molar refractivity (Wildman–Crippen MR) is 64.1 cm³/mol. The number of nitrogens with zero attached hydrogens (tertiary/aromatic N) is 3. The predicted octanol–water partition coefficient (Wildman–Crippen LogP) is 4.71. The molecule has 0 aromatic heterocycles. The summed E-state index contributed by atoms with van der Waals surface area (Å²) in [6.45, 7) is 0.450. The maximum absolute atomic E-state index is 8.06. The molecule has 78 valence electrons. The van der Waals surface area contributed by atoms with Crippen LogP contribution in [-0.2, 0) is 0 Å². The van der Waals surface area contributed by atoms with Crippen molar-refractivity contribution in [1.29, 1.82) is 0 Å². The Labute approximate surface area is 97.9 Å². The van der Waals surface area contributed by atoms with Gasteiger partial charge in [0.15, 0.2) is 0 Å². The van der Waals surface area contributed by atoms with E-state index in [1.54, 1.807) is 6.07 Å². The molecule has 0 unspecified atom stereocenters. The van der Waals surface area contributed by atoms with E-state index in [0.29, 0.717) is 23.0 Å². The van der Waals surface area contributed by atoms with Crippen LogP contribution in [0.3, 0.4) is 0 Å². The van der Waals surface area contributed by atoms with E-state index >= 15 is 0 Å². The molecule has 0 N–H and O–H groups in total. The summed E-state index contributed by atoms with van der Waals surface area (Å²) >= 11 is 11.8. The number of benzene rings is 1. The molecule has 0 atom stereocenters. The molecule has 0 amide bonds. The summed E-state index contributed by atoms with van der Waals surface area (Å²) in [5.41, 5.74) is 8.92. The van der Waals surface area contributed by atoms with Crippen molar-refractivity contribution < 1.29 is 0 Å². The van der Waals surface area contributed by atoms with E-state index < -0.39 is 0 Å². The van der Waals surface area contributed by atoms with Gasteiger partial charge in [-0.25, -0.2) is 0 Å². The van der Waals surface area contributed by atoms with Crippen LogP contribution in [0.25, 0.3) is 16.5 Å². The van der Waals surface area contributed by atoms with Crippen molar-refractivity contribution >= 4 is 29.3 Å². The van der Waals surface area contributed by atoms with Crippen LogP contribution < -0.4 is 0 Å². The lowest BCUT2D eigenvalue weighted by Gasteiger charge is -1.99. The first-order valence-corrected chi connectivity index (χ1v) is 5.12. The average molecular weight is 242 g/mol. The first-order valence-electron chi connectivity index (χ1n) is 4.37. The van der Waals surface area contributed by atoms with Crippen LogP contribution in [0.5, 0.6) is 0 Å². The van der Waals surface area contributed by atoms with Crippen LogP contribution in [0, 0.1) is 0 Å². The Bertz CT molecular complexity index is 409. The summed E-state index contributed by atoms with van der Waals surface area (Å²) in [5.74, 6) is 0. The van der Waals surface area contributed by atoms with E-state index in [0.717, 1.165) is 5.56 Å². The Kier molecular flexibility index (Phi) is 5.05. The second kappa shape index (κ2) is 6.36. The lowest BCUT2D eigenvalue weighted by molar-refractivity contribution is 0.996. The highest BCUT2D eigenvalue weighted by Gasteiger charge is 1.99. The molecule has 3 nitrogen and oxygen atoms in total. The van der Waals surface area contributed by atoms with Crippen molar-refractivity contribution in [2.24, 2.45) is 5.11 Å². The van der Waals surface area contributed by atoms with Crippen molar-refractivity contribution in [2.75, 3.05) is 6.54 Å². The third-order valence-corrected chi connectivity index (χ3v) is 2.57. The van der Waals surface area contributed by atoms with Crippen molar-refractivity contribution in [1.82, 2.24) is 0 Å². The molecule has 0 heterocycles. The Morgan fingerprint density at radius 1 is 1.40 bits per heavy atom. The molecular formula is C10H9Cl2N3. The lowest BCUT2D eigenvalue weighted by Crippen LogP contribution is -1.77. The van der Waals surface area contributed by atoms with Gasteiger partial charge in [0.05, 0.1) is 10.0 Å². The van der Waals surface area contributed by atoms with Gasteiger partial charge in [0.2, 0.25) is 0 Å². The largest absolute Gasteiger partial charge is 0.0937 e. The molecule has 5 heteroatoms. The molecular weight excluding hydrogens is 233 g/mol.